The first-order chi connectivity index (χ1) is 8.60. The number of anilines is 1. The van der Waals surface area contributed by atoms with Crippen LogP contribution >= 0.6 is 11.6 Å². The molecule has 3 heteroatoms. The molecule has 1 rings (SSSR count). The molecular weight excluding hydrogens is 244 g/mol. The number of para-hydroxylation sites is 1. The summed E-state index contributed by atoms with van der Waals surface area (Å²) in [4.78, 5) is 2.39. The van der Waals surface area contributed by atoms with E-state index in [1.807, 2.05) is 19.1 Å². The summed E-state index contributed by atoms with van der Waals surface area (Å²) < 4.78 is 0. The maximum atomic E-state index is 6.40. The Bertz CT molecular complexity index is 358. The number of hydrogen-bond donors (Lipinski definition) is 1. The molecule has 0 bridgehead atoms. The Kier molecular flexibility index (Phi) is 6.51. The Morgan fingerprint density at radius 1 is 1.22 bits per heavy atom. The zero-order valence-electron chi connectivity index (χ0n) is 11.7. The third-order valence-corrected chi connectivity index (χ3v) is 3.22. The predicted octanol–water partition coefficient (Wildman–Crippen LogP) is 3.86. The van der Waals surface area contributed by atoms with E-state index in [-0.39, 0.29) is 6.04 Å². The number of rotatable bonds is 7. The fraction of sp³-hybridized carbons (Fsp3) is 0.600. The summed E-state index contributed by atoms with van der Waals surface area (Å²) in [7, 11) is 0. The van der Waals surface area contributed by atoms with E-state index in [2.05, 4.69) is 24.8 Å². The molecule has 0 saturated carbocycles. The summed E-state index contributed by atoms with van der Waals surface area (Å²) >= 11 is 6.40. The van der Waals surface area contributed by atoms with Crippen molar-refractivity contribution in [3.05, 3.63) is 28.8 Å². The Balaban J connectivity index is 3.08. The molecular formula is C15H25ClN2. The summed E-state index contributed by atoms with van der Waals surface area (Å²) in [6.07, 6.45) is 3.13. The molecule has 0 aliphatic rings. The molecule has 0 aliphatic heterocycles. The van der Waals surface area contributed by atoms with Crippen LogP contribution in [0.4, 0.5) is 5.69 Å². The van der Waals surface area contributed by atoms with Crippen LogP contribution in [0.15, 0.2) is 18.2 Å². The number of halogens is 1. The van der Waals surface area contributed by atoms with Gasteiger partial charge in [-0.1, -0.05) is 37.6 Å². The monoisotopic (exact) mass is 268 g/mol. The van der Waals surface area contributed by atoms with Gasteiger partial charge in [0.1, 0.15) is 0 Å². The minimum atomic E-state index is 0.160. The van der Waals surface area contributed by atoms with Crippen molar-refractivity contribution in [3.8, 4) is 0 Å². The average molecular weight is 269 g/mol. The molecule has 102 valence electrons. The maximum Gasteiger partial charge on any atom is 0.0642 e. The maximum absolute atomic E-state index is 6.40. The fourth-order valence-electron chi connectivity index (χ4n) is 2.30. The van der Waals surface area contributed by atoms with E-state index in [1.165, 1.54) is 11.3 Å². The van der Waals surface area contributed by atoms with Crippen LogP contribution in [-0.2, 0) is 6.42 Å². The minimum absolute atomic E-state index is 0.160. The van der Waals surface area contributed by atoms with Crippen LogP contribution in [0, 0.1) is 0 Å². The quantitative estimate of drug-likeness (QED) is 0.814. The first-order valence-corrected chi connectivity index (χ1v) is 7.25. The van der Waals surface area contributed by atoms with Crippen molar-refractivity contribution in [2.45, 2.75) is 46.1 Å². The van der Waals surface area contributed by atoms with Gasteiger partial charge in [0, 0.05) is 19.1 Å². The van der Waals surface area contributed by atoms with Gasteiger partial charge >= 0.3 is 0 Å². The summed E-state index contributed by atoms with van der Waals surface area (Å²) in [5, 5.41) is 0.843. The molecule has 1 aromatic rings. The first-order valence-electron chi connectivity index (χ1n) is 6.88. The smallest absolute Gasteiger partial charge is 0.0642 e. The molecule has 18 heavy (non-hydrogen) atoms. The molecule has 1 unspecified atom stereocenters. The van der Waals surface area contributed by atoms with Gasteiger partial charge in [-0.25, -0.2) is 0 Å². The van der Waals surface area contributed by atoms with Crippen LogP contribution in [0.5, 0.6) is 0 Å². The topological polar surface area (TPSA) is 29.3 Å². The highest BCUT2D eigenvalue weighted by Gasteiger charge is 2.14. The summed E-state index contributed by atoms with van der Waals surface area (Å²) in [6, 6.07) is 6.29. The third-order valence-electron chi connectivity index (χ3n) is 2.92. The normalized spacial score (nSPS) is 12.5. The fourth-order valence-corrected chi connectivity index (χ4v) is 2.61. The zero-order chi connectivity index (χ0) is 13.5. The van der Waals surface area contributed by atoms with E-state index in [9.17, 15) is 0 Å². The highest BCUT2D eigenvalue weighted by molar-refractivity contribution is 6.33. The lowest BCUT2D eigenvalue weighted by Crippen LogP contribution is -2.28. The molecule has 1 atom stereocenters. The number of benzene rings is 1. The molecule has 0 aliphatic carbocycles. The van der Waals surface area contributed by atoms with Crippen LogP contribution in [0.1, 0.15) is 39.2 Å². The van der Waals surface area contributed by atoms with Crippen LogP contribution < -0.4 is 10.6 Å². The largest absolute Gasteiger partial charge is 0.370 e. The van der Waals surface area contributed by atoms with E-state index in [0.717, 1.165) is 37.4 Å². The zero-order valence-corrected chi connectivity index (χ0v) is 12.5. The average Bonchev–Trinajstić information content (AvgIpc) is 2.28. The Morgan fingerprint density at radius 2 is 1.83 bits per heavy atom. The van der Waals surface area contributed by atoms with Gasteiger partial charge in [-0.2, -0.15) is 0 Å². The van der Waals surface area contributed by atoms with E-state index in [0.29, 0.717) is 0 Å². The molecule has 0 amide bonds. The van der Waals surface area contributed by atoms with Gasteiger partial charge < -0.3 is 10.6 Å². The first kappa shape index (κ1) is 15.3. The molecule has 0 saturated heterocycles. The molecule has 2 nitrogen and oxygen atoms in total. The Labute approximate surface area is 116 Å². The SMILES string of the molecule is CCCN(CCC)c1c(Cl)cccc1CC(C)N. The standard InChI is InChI=1S/C15H25ClN2/c1-4-9-18(10-5-2)15-13(11-12(3)17)7-6-8-14(15)16/h6-8,12H,4-5,9-11,17H2,1-3H3. The molecule has 0 spiro atoms. The number of nitrogens with two attached hydrogens (primary N) is 1. The summed E-state index contributed by atoms with van der Waals surface area (Å²) in [6.45, 7) is 8.52. The molecule has 0 heterocycles. The van der Waals surface area contributed by atoms with Crippen molar-refractivity contribution in [2.75, 3.05) is 18.0 Å². The lowest BCUT2D eigenvalue weighted by molar-refractivity contribution is 0.714. The highest BCUT2D eigenvalue weighted by Crippen LogP contribution is 2.31. The van der Waals surface area contributed by atoms with Crippen molar-refractivity contribution in [1.82, 2.24) is 0 Å². The Hall–Kier alpha value is -0.730. The van der Waals surface area contributed by atoms with E-state index in [1.54, 1.807) is 0 Å². The van der Waals surface area contributed by atoms with Crippen LogP contribution in [0.3, 0.4) is 0 Å². The summed E-state index contributed by atoms with van der Waals surface area (Å²) in [5.41, 5.74) is 8.37. The molecule has 2 N–H and O–H groups in total. The molecule has 0 aromatic heterocycles. The van der Waals surface area contributed by atoms with Crippen LogP contribution in [0.25, 0.3) is 0 Å². The van der Waals surface area contributed by atoms with Crippen LogP contribution in [-0.4, -0.2) is 19.1 Å². The lowest BCUT2D eigenvalue weighted by atomic mass is 10.0. The van der Waals surface area contributed by atoms with Crippen molar-refractivity contribution in [1.29, 1.82) is 0 Å². The molecule has 0 fully saturated rings. The van der Waals surface area contributed by atoms with Gasteiger partial charge in [0.15, 0.2) is 0 Å². The minimum Gasteiger partial charge on any atom is -0.370 e. The predicted molar refractivity (Wildman–Crippen MR) is 81.6 cm³/mol. The molecule has 0 radical (unpaired) electrons. The highest BCUT2D eigenvalue weighted by atomic mass is 35.5. The van der Waals surface area contributed by atoms with Crippen molar-refractivity contribution >= 4 is 17.3 Å². The second-order valence-electron chi connectivity index (χ2n) is 4.92. The van der Waals surface area contributed by atoms with Crippen LogP contribution in [0.2, 0.25) is 5.02 Å². The lowest BCUT2D eigenvalue weighted by Gasteiger charge is -2.28. The second kappa shape index (κ2) is 7.65. The van der Waals surface area contributed by atoms with Crippen molar-refractivity contribution in [2.24, 2.45) is 5.73 Å². The number of hydrogen-bond acceptors (Lipinski definition) is 2. The van der Waals surface area contributed by atoms with Crippen molar-refractivity contribution in [3.63, 3.8) is 0 Å². The van der Waals surface area contributed by atoms with Crippen molar-refractivity contribution < 1.29 is 0 Å². The van der Waals surface area contributed by atoms with Gasteiger partial charge in [-0.05, 0) is 37.8 Å². The molecule has 1 aromatic carbocycles. The van der Waals surface area contributed by atoms with Gasteiger partial charge in [-0.15, -0.1) is 0 Å². The van der Waals surface area contributed by atoms with Gasteiger partial charge in [-0.3, -0.25) is 0 Å². The van der Waals surface area contributed by atoms with E-state index >= 15 is 0 Å². The number of nitrogens with zero attached hydrogens (tertiary/aromatic N) is 1. The van der Waals surface area contributed by atoms with E-state index < -0.39 is 0 Å². The Morgan fingerprint density at radius 3 is 2.33 bits per heavy atom. The summed E-state index contributed by atoms with van der Waals surface area (Å²) in [5.74, 6) is 0. The van der Waals surface area contributed by atoms with Gasteiger partial charge in [0.2, 0.25) is 0 Å². The van der Waals surface area contributed by atoms with Gasteiger partial charge in [0.05, 0.1) is 10.7 Å². The van der Waals surface area contributed by atoms with E-state index in [4.69, 9.17) is 17.3 Å². The second-order valence-corrected chi connectivity index (χ2v) is 5.32. The van der Waals surface area contributed by atoms with Gasteiger partial charge in [0.25, 0.3) is 0 Å². The third kappa shape index (κ3) is 4.18.